The van der Waals surface area contributed by atoms with Crippen LogP contribution >= 0.6 is 0 Å². The summed E-state index contributed by atoms with van der Waals surface area (Å²) in [5.74, 6) is 1.10. The number of guanidine groups is 1. The van der Waals surface area contributed by atoms with Crippen molar-refractivity contribution in [1.29, 1.82) is 0 Å². The third-order valence-electron chi connectivity index (χ3n) is 2.21. The van der Waals surface area contributed by atoms with Crippen LogP contribution in [-0.2, 0) is 6.54 Å². The topological polar surface area (TPSA) is 50.4 Å². The van der Waals surface area contributed by atoms with Gasteiger partial charge < -0.3 is 11.1 Å². The minimum Gasteiger partial charge on any atom is -0.370 e. The summed E-state index contributed by atoms with van der Waals surface area (Å²) in [4.78, 5) is 4.29. The Bertz CT molecular complexity index is 356. The Morgan fingerprint density at radius 3 is 2.81 bits per heavy atom. The summed E-state index contributed by atoms with van der Waals surface area (Å²) in [5.41, 5.74) is 8.19. The summed E-state index contributed by atoms with van der Waals surface area (Å²) in [6.07, 6.45) is 0. The van der Waals surface area contributed by atoms with Gasteiger partial charge in [0.05, 0.1) is 6.54 Å². The Hall–Kier alpha value is -1.51. The van der Waals surface area contributed by atoms with Crippen LogP contribution in [0.5, 0.6) is 0 Å². The lowest BCUT2D eigenvalue weighted by atomic mass is 10.1. The van der Waals surface area contributed by atoms with Gasteiger partial charge in [0.15, 0.2) is 5.96 Å². The summed E-state index contributed by atoms with van der Waals surface area (Å²) in [5, 5.41) is 3.09. The summed E-state index contributed by atoms with van der Waals surface area (Å²) in [6, 6.07) is 8.30. The molecule has 16 heavy (non-hydrogen) atoms. The van der Waals surface area contributed by atoms with Crippen molar-refractivity contribution in [3.05, 3.63) is 35.4 Å². The number of nitrogens with one attached hydrogen (secondary N) is 1. The van der Waals surface area contributed by atoms with Gasteiger partial charge in [0.25, 0.3) is 0 Å². The SMILES string of the molecule is Cc1cccc(CN=C(N)NCC(C)C)c1. The van der Waals surface area contributed by atoms with E-state index in [2.05, 4.69) is 49.3 Å². The summed E-state index contributed by atoms with van der Waals surface area (Å²) in [6.45, 7) is 7.86. The molecule has 0 heterocycles. The lowest BCUT2D eigenvalue weighted by Gasteiger charge is -2.07. The molecule has 0 radical (unpaired) electrons. The van der Waals surface area contributed by atoms with Crippen LogP contribution in [0, 0.1) is 12.8 Å². The van der Waals surface area contributed by atoms with Gasteiger partial charge in [0.2, 0.25) is 0 Å². The van der Waals surface area contributed by atoms with E-state index >= 15 is 0 Å². The van der Waals surface area contributed by atoms with Gasteiger partial charge >= 0.3 is 0 Å². The zero-order chi connectivity index (χ0) is 12.0. The quantitative estimate of drug-likeness (QED) is 0.601. The maximum absolute atomic E-state index is 5.75. The van der Waals surface area contributed by atoms with Crippen molar-refractivity contribution in [1.82, 2.24) is 5.32 Å². The first kappa shape index (κ1) is 12.6. The molecule has 3 N–H and O–H groups in total. The zero-order valence-electron chi connectivity index (χ0n) is 10.3. The number of hydrogen-bond donors (Lipinski definition) is 2. The molecule has 0 aliphatic heterocycles. The summed E-state index contributed by atoms with van der Waals surface area (Å²) < 4.78 is 0. The lowest BCUT2D eigenvalue weighted by Crippen LogP contribution is -2.34. The van der Waals surface area contributed by atoms with Crippen LogP contribution in [0.1, 0.15) is 25.0 Å². The first-order valence-electron chi connectivity index (χ1n) is 5.67. The number of nitrogens with two attached hydrogens (primary N) is 1. The van der Waals surface area contributed by atoms with Crippen LogP contribution in [0.25, 0.3) is 0 Å². The average Bonchev–Trinajstić information content (AvgIpc) is 2.23. The molecule has 1 rings (SSSR count). The minimum atomic E-state index is 0.523. The van der Waals surface area contributed by atoms with E-state index in [1.165, 1.54) is 11.1 Å². The zero-order valence-corrected chi connectivity index (χ0v) is 10.3. The van der Waals surface area contributed by atoms with E-state index in [4.69, 9.17) is 5.73 Å². The predicted molar refractivity (Wildman–Crippen MR) is 69.3 cm³/mol. The molecule has 0 aliphatic carbocycles. The van der Waals surface area contributed by atoms with Crippen molar-refractivity contribution >= 4 is 5.96 Å². The van der Waals surface area contributed by atoms with Gasteiger partial charge in [-0.25, -0.2) is 4.99 Å². The molecule has 1 aromatic carbocycles. The highest BCUT2D eigenvalue weighted by molar-refractivity contribution is 5.77. The molecule has 1 aromatic rings. The van der Waals surface area contributed by atoms with Gasteiger partial charge in [0, 0.05) is 6.54 Å². The van der Waals surface area contributed by atoms with Crippen LogP contribution < -0.4 is 11.1 Å². The van der Waals surface area contributed by atoms with Crippen molar-refractivity contribution in [3.8, 4) is 0 Å². The molecule has 0 fully saturated rings. The number of aryl methyl sites for hydroxylation is 1. The molecule has 0 aliphatic rings. The molecule has 0 amide bonds. The third-order valence-corrected chi connectivity index (χ3v) is 2.21. The van der Waals surface area contributed by atoms with E-state index in [9.17, 15) is 0 Å². The number of aliphatic imine (C=N–C) groups is 1. The standard InChI is InChI=1S/C13H21N3/c1-10(2)8-15-13(14)16-9-12-6-4-5-11(3)7-12/h4-7,10H,8-9H2,1-3H3,(H3,14,15,16). The van der Waals surface area contributed by atoms with Crippen molar-refractivity contribution in [3.63, 3.8) is 0 Å². The maximum Gasteiger partial charge on any atom is 0.188 e. The van der Waals surface area contributed by atoms with Crippen LogP contribution in [-0.4, -0.2) is 12.5 Å². The summed E-state index contributed by atoms with van der Waals surface area (Å²) in [7, 11) is 0. The molecular weight excluding hydrogens is 198 g/mol. The fraction of sp³-hybridized carbons (Fsp3) is 0.462. The van der Waals surface area contributed by atoms with Crippen LogP contribution in [0.3, 0.4) is 0 Å². The first-order valence-corrected chi connectivity index (χ1v) is 5.67. The van der Waals surface area contributed by atoms with E-state index in [1.54, 1.807) is 0 Å². The van der Waals surface area contributed by atoms with Crippen molar-refractivity contribution in [2.45, 2.75) is 27.3 Å². The predicted octanol–water partition coefficient (Wildman–Crippen LogP) is 2.06. The smallest absolute Gasteiger partial charge is 0.188 e. The van der Waals surface area contributed by atoms with Crippen molar-refractivity contribution < 1.29 is 0 Å². The largest absolute Gasteiger partial charge is 0.370 e. The van der Waals surface area contributed by atoms with Crippen LogP contribution in [0.4, 0.5) is 0 Å². The Morgan fingerprint density at radius 1 is 1.44 bits per heavy atom. The molecule has 3 nitrogen and oxygen atoms in total. The molecule has 3 heteroatoms. The Morgan fingerprint density at radius 2 is 2.19 bits per heavy atom. The van der Waals surface area contributed by atoms with E-state index in [1.807, 2.05) is 6.07 Å². The maximum atomic E-state index is 5.75. The third kappa shape index (κ3) is 4.82. The summed E-state index contributed by atoms with van der Waals surface area (Å²) >= 11 is 0. The lowest BCUT2D eigenvalue weighted by molar-refractivity contribution is 0.622. The highest BCUT2D eigenvalue weighted by Gasteiger charge is 1.95. The molecule has 0 saturated carbocycles. The van der Waals surface area contributed by atoms with Crippen LogP contribution in [0.15, 0.2) is 29.3 Å². The molecule has 88 valence electrons. The van der Waals surface area contributed by atoms with Crippen LogP contribution in [0.2, 0.25) is 0 Å². The molecule has 0 saturated heterocycles. The van der Waals surface area contributed by atoms with E-state index in [0.717, 1.165) is 6.54 Å². The van der Waals surface area contributed by atoms with E-state index in [0.29, 0.717) is 18.4 Å². The van der Waals surface area contributed by atoms with Gasteiger partial charge in [-0.05, 0) is 18.4 Å². The average molecular weight is 219 g/mol. The molecule has 0 atom stereocenters. The van der Waals surface area contributed by atoms with Gasteiger partial charge in [-0.15, -0.1) is 0 Å². The van der Waals surface area contributed by atoms with Gasteiger partial charge in [-0.2, -0.15) is 0 Å². The van der Waals surface area contributed by atoms with Gasteiger partial charge in [-0.1, -0.05) is 43.7 Å². The minimum absolute atomic E-state index is 0.523. The second-order valence-electron chi connectivity index (χ2n) is 4.47. The van der Waals surface area contributed by atoms with Crippen molar-refractivity contribution in [2.24, 2.45) is 16.6 Å². The second-order valence-corrected chi connectivity index (χ2v) is 4.47. The first-order chi connectivity index (χ1) is 7.58. The monoisotopic (exact) mass is 219 g/mol. The van der Waals surface area contributed by atoms with E-state index < -0.39 is 0 Å². The van der Waals surface area contributed by atoms with Crippen molar-refractivity contribution in [2.75, 3.05) is 6.54 Å². The fourth-order valence-corrected chi connectivity index (χ4v) is 1.35. The molecular formula is C13H21N3. The molecule has 0 bridgehead atoms. The highest BCUT2D eigenvalue weighted by Crippen LogP contribution is 2.04. The molecule has 0 aromatic heterocycles. The normalized spacial score (nSPS) is 11.9. The second kappa shape index (κ2) is 6.16. The Kier molecular flexibility index (Phi) is 4.83. The molecule has 0 unspecified atom stereocenters. The number of rotatable bonds is 4. The number of benzene rings is 1. The van der Waals surface area contributed by atoms with Gasteiger partial charge in [0.1, 0.15) is 0 Å². The Labute approximate surface area is 97.8 Å². The molecule has 0 spiro atoms. The highest BCUT2D eigenvalue weighted by atomic mass is 15.1. The van der Waals surface area contributed by atoms with E-state index in [-0.39, 0.29) is 0 Å². The fourth-order valence-electron chi connectivity index (χ4n) is 1.35. The number of nitrogens with zero attached hydrogens (tertiary/aromatic N) is 1. The number of hydrogen-bond acceptors (Lipinski definition) is 1. The Balaban J connectivity index is 2.46. The van der Waals surface area contributed by atoms with Gasteiger partial charge in [-0.3, -0.25) is 0 Å².